The maximum absolute atomic E-state index is 12.9. The zero-order valence-corrected chi connectivity index (χ0v) is 24.4. The van der Waals surface area contributed by atoms with Crippen LogP contribution in [0.2, 0.25) is 58.9 Å². The van der Waals surface area contributed by atoms with Gasteiger partial charge in [-0.1, -0.05) is 87.9 Å². The van der Waals surface area contributed by atoms with E-state index in [1.807, 2.05) is 26.0 Å². The van der Waals surface area contributed by atoms with Crippen LogP contribution in [-0.4, -0.2) is 46.4 Å². The van der Waals surface area contributed by atoms with Crippen LogP contribution >= 0.6 is 0 Å². The van der Waals surface area contributed by atoms with Crippen LogP contribution in [0.1, 0.15) is 31.8 Å². The first kappa shape index (κ1) is 26.3. The monoisotopic (exact) mass is 486 g/mol. The van der Waals surface area contributed by atoms with E-state index in [-0.39, 0.29) is 11.1 Å². The number of rotatable bonds is 6. The molecule has 0 bridgehead atoms. The van der Waals surface area contributed by atoms with Gasteiger partial charge in [-0.3, -0.25) is 0 Å². The van der Waals surface area contributed by atoms with Gasteiger partial charge < -0.3 is 10.2 Å². The maximum atomic E-state index is 12.9. The van der Waals surface area contributed by atoms with Crippen LogP contribution in [0.5, 0.6) is 0 Å². The predicted octanol–water partition coefficient (Wildman–Crippen LogP) is 5.00. The average Bonchev–Trinajstić information content (AvgIpc) is 2.58. The lowest BCUT2D eigenvalue weighted by molar-refractivity contribution is 0.0696. The molecule has 0 atom stereocenters. The van der Waals surface area contributed by atoms with Crippen molar-refractivity contribution in [2.75, 3.05) is 0 Å². The summed E-state index contributed by atoms with van der Waals surface area (Å²) < 4.78 is 0. The topological polar surface area (TPSA) is 74.6 Å². The number of carboxylic acid groups (broad SMARTS) is 2. The first-order chi connectivity index (χ1) is 14.3. The van der Waals surface area contributed by atoms with Crippen LogP contribution in [0.4, 0.5) is 0 Å². The van der Waals surface area contributed by atoms with Gasteiger partial charge in [0.1, 0.15) is 0 Å². The molecule has 0 fully saturated rings. The molecule has 7 heteroatoms. The molecule has 4 nitrogen and oxygen atoms in total. The number of carboxylic acids is 2. The molecule has 0 aliphatic heterocycles. The molecule has 0 aliphatic rings. The minimum Gasteiger partial charge on any atom is -0.478 e. The first-order valence-electron chi connectivity index (χ1n) is 11.1. The summed E-state index contributed by atoms with van der Waals surface area (Å²) in [6.07, 6.45) is 0. The zero-order chi connectivity index (χ0) is 25.0. The summed E-state index contributed by atoms with van der Waals surface area (Å²) in [5, 5.41) is 23.6. The second-order valence-electron chi connectivity index (χ2n) is 11.9. The summed E-state index contributed by atoms with van der Waals surface area (Å²) >= 11 is 0. The summed E-state index contributed by atoms with van der Waals surface area (Å²) in [6.45, 7) is 23.3. The Bertz CT molecular complexity index is 1100. The normalized spacial score (nSPS) is 12.7. The summed E-state index contributed by atoms with van der Waals surface area (Å²) in [5.74, 6) is -2.02. The van der Waals surface area contributed by atoms with E-state index in [0.29, 0.717) is 5.19 Å². The maximum Gasteiger partial charge on any atom is 0.336 e. The van der Waals surface area contributed by atoms with E-state index in [9.17, 15) is 19.8 Å². The van der Waals surface area contributed by atoms with Crippen molar-refractivity contribution < 1.29 is 19.8 Å². The Morgan fingerprint density at radius 1 is 0.656 bits per heavy atom. The summed E-state index contributed by atoms with van der Waals surface area (Å²) in [6, 6.07) is 6.15. The zero-order valence-electron chi connectivity index (χ0n) is 21.4. The standard InChI is InChI=1S/C25H38O4Si3/c1-15-12-13-16(2)17(14-15)18-19(24(26)27)21(30(3,4)5)20(25(28)29)23(32(9,10)11)22(18)31(6,7)8/h12-14H,1-11H3,(H,26,27)(H,28,29). The van der Waals surface area contributed by atoms with Crippen LogP contribution < -0.4 is 15.6 Å². The smallest absolute Gasteiger partial charge is 0.336 e. The van der Waals surface area contributed by atoms with Gasteiger partial charge in [0.25, 0.3) is 0 Å². The van der Waals surface area contributed by atoms with Crippen molar-refractivity contribution in [3.63, 3.8) is 0 Å². The van der Waals surface area contributed by atoms with Crippen molar-refractivity contribution in [3.8, 4) is 11.1 Å². The molecule has 2 aromatic carbocycles. The number of carbonyl (C=O) groups is 2. The lowest BCUT2D eigenvalue weighted by Gasteiger charge is -2.37. The molecule has 0 aliphatic carbocycles. The number of hydrogen-bond donors (Lipinski definition) is 2. The third kappa shape index (κ3) is 4.84. The van der Waals surface area contributed by atoms with Crippen molar-refractivity contribution in [1.82, 2.24) is 0 Å². The van der Waals surface area contributed by atoms with Crippen LogP contribution in [0.3, 0.4) is 0 Å². The Morgan fingerprint density at radius 3 is 1.47 bits per heavy atom. The second-order valence-corrected chi connectivity index (χ2v) is 26.9. The van der Waals surface area contributed by atoms with E-state index < -0.39 is 36.2 Å². The predicted molar refractivity (Wildman–Crippen MR) is 144 cm³/mol. The largest absolute Gasteiger partial charge is 0.478 e. The van der Waals surface area contributed by atoms with E-state index in [4.69, 9.17) is 0 Å². The lowest BCUT2D eigenvalue weighted by atomic mass is 9.92. The van der Waals surface area contributed by atoms with Gasteiger partial charge in [0.05, 0.1) is 35.3 Å². The van der Waals surface area contributed by atoms with Gasteiger partial charge in [0.2, 0.25) is 0 Å². The molecular formula is C25H38O4Si3. The number of benzene rings is 2. The minimum atomic E-state index is -2.36. The van der Waals surface area contributed by atoms with Gasteiger partial charge in [0.15, 0.2) is 0 Å². The molecular weight excluding hydrogens is 449 g/mol. The lowest BCUT2D eigenvalue weighted by Crippen LogP contribution is -2.64. The molecule has 0 saturated carbocycles. The molecule has 0 amide bonds. The second kappa shape index (κ2) is 8.43. The quantitative estimate of drug-likeness (QED) is 0.563. The van der Waals surface area contributed by atoms with E-state index in [2.05, 4.69) is 65.0 Å². The van der Waals surface area contributed by atoms with Gasteiger partial charge in [0, 0.05) is 0 Å². The van der Waals surface area contributed by atoms with Crippen LogP contribution in [-0.2, 0) is 0 Å². The Morgan fingerprint density at radius 2 is 1.09 bits per heavy atom. The highest BCUT2D eigenvalue weighted by atomic mass is 28.3. The fourth-order valence-electron chi connectivity index (χ4n) is 4.70. The molecule has 0 unspecified atom stereocenters. The van der Waals surface area contributed by atoms with Gasteiger partial charge in [-0.05, 0) is 40.9 Å². The van der Waals surface area contributed by atoms with Crippen LogP contribution in [0.15, 0.2) is 18.2 Å². The average molecular weight is 487 g/mol. The van der Waals surface area contributed by atoms with Crippen LogP contribution in [0, 0.1) is 13.8 Å². The van der Waals surface area contributed by atoms with Crippen molar-refractivity contribution in [2.24, 2.45) is 0 Å². The summed E-state index contributed by atoms with van der Waals surface area (Å²) in [7, 11) is -6.70. The third-order valence-electron chi connectivity index (χ3n) is 5.84. The molecule has 2 rings (SSSR count). The van der Waals surface area contributed by atoms with Crippen LogP contribution in [0.25, 0.3) is 11.1 Å². The van der Waals surface area contributed by atoms with E-state index in [1.165, 1.54) is 0 Å². The molecule has 32 heavy (non-hydrogen) atoms. The molecule has 0 radical (unpaired) electrons. The summed E-state index contributed by atoms with van der Waals surface area (Å²) in [4.78, 5) is 25.8. The van der Waals surface area contributed by atoms with E-state index in [1.54, 1.807) is 0 Å². The number of aromatic carboxylic acids is 2. The fourth-order valence-corrected chi connectivity index (χ4v) is 12.8. The molecule has 0 spiro atoms. The van der Waals surface area contributed by atoms with E-state index in [0.717, 1.165) is 32.6 Å². The molecule has 0 saturated heterocycles. The van der Waals surface area contributed by atoms with Crippen molar-refractivity contribution in [3.05, 3.63) is 40.5 Å². The van der Waals surface area contributed by atoms with E-state index >= 15 is 0 Å². The van der Waals surface area contributed by atoms with Gasteiger partial charge in [-0.25, -0.2) is 9.59 Å². The van der Waals surface area contributed by atoms with Gasteiger partial charge in [-0.2, -0.15) is 0 Å². The van der Waals surface area contributed by atoms with Gasteiger partial charge >= 0.3 is 11.9 Å². The Balaban J connectivity index is 3.51. The Kier molecular flexibility index (Phi) is 6.92. The number of aryl methyl sites for hydroxylation is 2. The molecule has 174 valence electrons. The van der Waals surface area contributed by atoms with Crippen molar-refractivity contribution in [2.45, 2.75) is 72.8 Å². The highest BCUT2D eigenvalue weighted by Crippen LogP contribution is 2.31. The molecule has 0 heterocycles. The highest BCUT2D eigenvalue weighted by molar-refractivity contribution is 7.01. The number of hydrogen-bond acceptors (Lipinski definition) is 2. The van der Waals surface area contributed by atoms with Crippen molar-refractivity contribution in [1.29, 1.82) is 0 Å². The third-order valence-corrected chi connectivity index (χ3v) is 12.1. The Hall–Kier alpha value is -1.97. The van der Waals surface area contributed by atoms with Gasteiger partial charge in [-0.15, -0.1) is 0 Å². The first-order valence-corrected chi connectivity index (χ1v) is 21.6. The molecule has 2 N–H and O–H groups in total. The SMILES string of the molecule is Cc1ccc(C)c(-c2c(C(=O)O)c([Si](C)(C)C)c(C(=O)O)c([Si](C)(C)C)c2[Si](C)(C)C)c1. The fraction of sp³-hybridized carbons (Fsp3) is 0.440. The Labute approximate surface area is 195 Å². The molecule has 0 aromatic heterocycles. The minimum absolute atomic E-state index is 0.217. The molecule has 2 aromatic rings. The summed E-state index contributed by atoms with van der Waals surface area (Å²) in [5.41, 5.74) is 4.29. The highest BCUT2D eigenvalue weighted by Gasteiger charge is 2.42. The van der Waals surface area contributed by atoms with Crippen molar-refractivity contribution >= 4 is 51.7 Å².